The van der Waals surface area contributed by atoms with E-state index in [1.807, 2.05) is 13.8 Å². The lowest BCUT2D eigenvalue weighted by molar-refractivity contribution is -0.151. The van der Waals surface area contributed by atoms with Gasteiger partial charge >= 0.3 is 5.97 Å². The molecular weight excluding hydrogens is 268 g/mol. The van der Waals surface area contributed by atoms with Gasteiger partial charge in [0.15, 0.2) is 0 Å². The minimum Gasteiger partial charge on any atom is -0.481 e. The molecule has 1 unspecified atom stereocenters. The Labute approximate surface area is 129 Å². The summed E-state index contributed by atoms with van der Waals surface area (Å²) >= 11 is 0. The molecule has 1 fully saturated rings. The summed E-state index contributed by atoms with van der Waals surface area (Å²) in [5, 5.41) is 12.8. The highest BCUT2D eigenvalue weighted by Gasteiger charge is 2.43. The lowest BCUT2D eigenvalue weighted by atomic mass is 9.74. The van der Waals surface area contributed by atoms with E-state index < -0.39 is 16.9 Å². The molecule has 0 spiro atoms. The van der Waals surface area contributed by atoms with Crippen molar-refractivity contribution >= 4 is 5.97 Å². The molecule has 124 valence electrons. The third-order valence-corrected chi connectivity index (χ3v) is 4.72. The van der Waals surface area contributed by atoms with Gasteiger partial charge in [0.25, 0.3) is 0 Å². The zero-order valence-corrected chi connectivity index (χ0v) is 14.4. The zero-order chi connectivity index (χ0) is 16.3. The second-order valence-electron chi connectivity index (χ2n) is 7.58. The molecule has 1 atom stereocenters. The number of hydrogen-bond donors (Lipinski definition) is 2. The van der Waals surface area contributed by atoms with Gasteiger partial charge in [0, 0.05) is 31.7 Å². The van der Waals surface area contributed by atoms with Gasteiger partial charge in [0.05, 0.1) is 18.1 Å². The highest BCUT2D eigenvalue weighted by atomic mass is 16.5. The Morgan fingerprint density at radius 2 is 2.00 bits per heavy atom. The van der Waals surface area contributed by atoms with Gasteiger partial charge in [-0.1, -0.05) is 13.8 Å². The molecule has 0 aromatic carbocycles. The fraction of sp³-hybridized carbons (Fsp3) is 0.938. The number of nitrogens with zero attached hydrogens (tertiary/aromatic N) is 1. The molecule has 1 saturated heterocycles. The molecule has 1 rings (SSSR count). The number of rotatable bonds is 7. The largest absolute Gasteiger partial charge is 0.481 e. The number of carboxylic acids is 1. The maximum absolute atomic E-state index is 11.4. The lowest BCUT2D eigenvalue weighted by Crippen LogP contribution is -2.58. The lowest BCUT2D eigenvalue weighted by Gasteiger charge is -2.41. The van der Waals surface area contributed by atoms with E-state index in [2.05, 4.69) is 24.1 Å². The maximum atomic E-state index is 11.4. The summed E-state index contributed by atoms with van der Waals surface area (Å²) < 4.78 is 5.81. The van der Waals surface area contributed by atoms with Gasteiger partial charge in [-0.3, -0.25) is 9.69 Å². The van der Waals surface area contributed by atoms with Gasteiger partial charge in [-0.15, -0.1) is 0 Å². The molecular formula is C16H32N2O3. The van der Waals surface area contributed by atoms with E-state index >= 15 is 0 Å². The molecule has 0 aromatic heterocycles. The van der Waals surface area contributed by atoms with E-state index in [1.165, 1.54) is 0 Å². The van der Waals surface area contributed by atoms with E-state index in [0.717, 1.165) is 26.2 Å². The summed E-state index contributed by atoms with van der Waals surface area (Å²) in [6.07, 6.45) is 0.126. The monoisotopic (exact) mass is 300 g/mol. The highest BCUT2D eigenvalue weighted by molar-refractivity contribution is 5.75. The first-order valence-electron chi connectivity index (χ1n) is 7.88. The molecule has 0 saturated carbocycles. The molecule has 0 amide bonds. The van der Waals surface area contributed by atoms with Crippen molar-refractivity contribution in [2.75, 3.05) is 32.8 Å². The van der Waals surface area contributed by atoms with Crippen LogP contribution in [0.4, 0.5) is 0 Å². The van der Waals surface area contributed by atoms with Gasteiger partial charge < -0.3 is 15.2 Å². The van der Waals surface area contributed by atoms with Gasteiger partial charge in [-0.05, 0) is 33.6 Å². The van der Waals surface area contributed by atoms with Crippen LogP contribution in [0.5, 0.6) is 0 Å². The van der Waals surface area contributed by atoms with Gasteiger partial charge in [-0.2, -0.15) is 0 Å². The first-order chi connectivity index (χ1) is 9.56. The fourth-order valence-corrected chi connectivity index (χ4v) is 2.44. The summed E-state index contributed by atoms with van der Waals surface area (Å²) in [6.45, 7) is 16.3. The summed E-state index contributed by atoms with van der Waals surface area (Å²) in [5.41, 5.74) is -1.33. The van der Waals surface area contributed by atoms with Gasteiger partial charge in [-0.25, -0.2) is 0 Å². The fourth-order valence-electron chi connectivity index (χ4n) is 2.44. The summed E-state index contributed by atoms with van der Waals surface area (Å²) in [6, 6.07) is 0. The van der Waals surface area contributed by atoms with Crippen LogP contribution in [-0.2, 0) is 9.53 Å². The van der Waals surface area contributed by atoms with E-state index in [-0.39, 0.29) is 6.10 Å². The average Bonchev–Trinajstić information content (AvgIpc) is 2.35. The van der Waals surface area contributed by atoms with E-state index in [1.54, 1.807) is 13.8 Å². The molecule has 0 aliphatic carbocycles. The van der Waals surface area contributed by atoms with Crippen molar-refractivity contribution < 1.29 is 14.6 Å². The van der Waals surface area contributed by atoms with Crippen molar-refractivity contribution in [2.24, 2.45) is 11.3 Å². The Morgan fingerprint density at radius 3 is 2.52 bits per heavy atom. The summed E-state index contributed by atoms with van der Waals surface area (Å²) in [7, 11) is 0. The number of ether oxygens (including phenoxy) is 1. The van der Waals surface area contributed by atoms with Crippen LogP contribution in [0.1, 0.15) is 41.5 Å². The zero-order valence-electron chi connectivity index (χ0n) is 14.4. The molecule has 5 heteroatoms. The number of carboxylic acid groups (broad SMARTS) is 1. The van der Waals surface area contributed by atoms with Crippen LogP contribution >= 0.6 is 0 Å². The number of morpholine rings is 1. The van der Waals surface area contributed by atoms with Crippen LogP contribution in [0.3, 0.4) is 0 Å². The molecule has 5 nitrogen and oxygen atoms in total. The third kappa shape index (κ3) is 4.94. The minimum atomic E-state index is -0.834. The van der Waals surface area contributed by atoms with Crippen molar-refractivity contribution in [2.45, 2.75) is 53.2 Å². The second-order valence-corrected chi connectivity index (χ2v) is 7.58. The molecule has 21 heavy (non-hydrogen) atoms. The van der Waals surface area contributed by atoms with Crippen LogP contribution in [0.15, 0.2) is 0 Å². The van der Waals surface area contributed by atoms with Crippen LogP contribution in [0.2, 0.25) is 0 Å². The quantitative estimate of drug-likeness (QED) is 0.751. The molecule has 0 radical (unpaired) electrons. The second kappa shape index (κ2) is 7.07. The van der Waals surface area contributed by atoms with Crippen molar-refractivity contribution in [3.63, 3.8) is 0 Å². The van der Waals surface area contributed by atoms with E-state index in [4.69, 9.17) is 4.74 Å². The topological polar surface area (TPSA) is 61.8 Å². The van der Waals surface area contributed by atoms with Crippen molar-refractivity contribution in [3.05, 3.63) is 0 Å². The Kier molecular flexibility index (Phi) is 6.20. The van der Waals surface area contributed by atoms with Crippen LogP contribution < -0.4 is 5.32 Å². The summed E-state index contributed by atoms with van der Waals surface area (Å²) in [4.78, 5) is 13.8. The van der Waals surface area contributed by atoms with Gasteiger partial charge in [0.1, 0.15) is 0 Å². The third-order valence-electron chi connectivity index (χ3n) is 4.72. The highest BCUT2D eigenvalue weighted by Crippen LogP contribution is 2.30. The molecule has 1 aliphatic rings. The van der Waals surface area contributed by atoms with Crippen molar-refractivity contribution in [3.8, 4) is 0 Å². The normalized spacial score (nSPS) is 21.8. The minimum absolute atomic E-state index is 0.126. The Morgan fingerprint density at radius 1 is 1.38 bits per heavy atom. The Bertz CT molecular complexity index is 353. The van der Waals surface area contributed by atoms with E-state index in [0.29, 0.717) is 12.5 Å². The smallest absolute Gasteiger partial charge is 0.310 e. The SMILES string of the molecule is CC(C)CN1CCOC(CNC(C)(C)C(C)(C)C(=O)O)C1. The van der Waals surface area contributed by atoms with Crippen molar-refractivity contribution in [1.29, 1.82) is 0 Å². The summed E-state index contributed by atoms with van der Waals surface area (Å²) in [5.74, 6) is -0.134. The first-order valence-corrected chi connectivity index (χ1v) is 7.88. The first kappa shape index (κ1) is 18.4. The van der Waals surface area contributed by atoms with Gasteiger partial charge in [0.2, 0.25) is 0 Å². The standard InChI is InChI=1S/C16H32N2O3/c1-12(2)10-18-7-8-21-13(11-18)9-17-16(5,6)15(3,4)14(19)20/h12-13,17H,7-11H2,1-6H3,(H,19,20). The molecule has 0 aromatic rings. The number of nitrogens with one attached hydrogen (secondary N) is 1. The molecule has 2 N–H and O–H groups in total. The molecule has 1 aliphatic heterocycles. The van der Waals surface area contributed by atoms with Crippen LogP contribution in [0, 0.1) is 11.3 Å². The Hall–Kier alpha value is -0.650. The number of carbonyl (C=O) groups is 1. The molecule has 0 bridgehead atoms. The predicted octanol–water partition coefficient (Wildman–Crippen LogP) is 1.82. The number of hydrogen-bond acceptors (Lipinski definition) is 4. The van der Waals surface area contributed by atoms with E-state index in [9.17, 15) is 9.90 Å². The van der Waals surface area contributed by atoms with Crippen LogP contribution in [0.25, 0.3) is 0 Å². The molecule has 1 heterocycles. The van der Waals surface area contributed by atoms with Crippen LogP contribution in [-0.4, -0.2) is 60.4 Å². The predicted molar refractivity (Wildman–Crippen MR) is 84.5 cm³/mol. The number of aliphatic carboxylic acids is 1. The Balaban J connectivity index is 2.52. The average molecular weight is 300 g/mol. The maximum Gasteiger partial charge on any atom is 0.310 e. The van der Waals surface area contributed by atoms with Crippen molar-refractivity contribution in [1.82, 2.24) is 10.2 Å².